The highest BCUT2D eigenvalue weighted by atomic mass is 35.5. The number of hydrogen-bond acceptors (Lipinski definition) is 2. The molecular weight excluding hydrogens is 238 g/mol. The van der Waals surface area contributed by atoms with E-state index in [-0.39, 0.29) is 6.04 Å². The van der Waals surface area contributed by atoms with Gasteiger partial charge in [-0.3, -0.25) is 0 Å². The van der Waals surface area contributed by atoms with E-state index in [1.807, 2.05) is 25.1 Å². The smallest absolute Gasteiger partial charge is 0.0565 e. The molecule has 0 aliphatic carbocycles. The van der Waals surface area contributed by atoms with Crippen LogP contribution in [-0.4, -0.2) is 0 Å². The maximum Gasteiger partial charge on any atom is 0.0565 e. The highest BCUT2D eigenvalue weighted by Gasteiger charge is 2.15. The highest BCUT2D eigenvalue weighted by molar-refractivity contribution is 7.10. The minimum Gasteiger partial charge on any atom is -0.320 e. The molecule has 1 aromatic carbocycles. The van der Waals surface area contributed by atoms with Crippen LogP contribution in [0.15, 0.2) is 29.6 Å². The number of aryl methyl sites for hydroxylation is 1. The molecular formula is C13H14ClNS. The molecule has 0 bridgehead atoms. The first-order valence-corrected chi connectivity index (χ1v) is 6.41. The quantitative estimate of drug-likeness (QED) is 0.856. The molecule has 0 spiro atoms. The van der Waals surface area contributed by atoms with Gasteiger partial charge >= 0.3 is 0 Å². The zero-order valence-electron chi connectivity index (χ0n) is 9.33. The van der Waals surface area contributed by atoms with E-state index in [0.717, 1.165) is 16.1 Å². The van der Waals surface area contributed by atoms with Crippen LogP contribution in [0.4, 0.5) is 0 Å². The molecule has 1 nitrogen and oxygen atoms in total. The van der Waals surface area contributed by atoms with Crippen LogP contribution in [-0.2, 0) is 0 Å². The molecule has 0 aliphatic rings. The van der Waals surface area contributed by atoms with Crippen molar-refractivity contribution in [3.63, 3.8) is 0 Å². The summed E-state index contributed by atoms with van der Waals surface area (Å²) >= 11 is 7.83. The third-order valence-corrected chi connectivity index (χ3v) is 4.15. The maximum absolute atomic E-state index is 6.28. The van der Waals surface area contributed by atoms with Gasteiger partial charge in [-0.2, -0.15) is 0 Å². The Morgan fingerprint density at radius 2 is 1.94 bits per heavy atom. The molecule has 0 amide bonds. The summed E-state index contributed by atoms with van der Waals surface area (Å²) in [5, 5.41) is 2.85. The van der Waals surface area contributed by atoms with Gasteiger partial charge in [-0.05, 0) is 48.1 Å². The molecule has 3 heteroatoms. The van der Waals surface area contributed by atoms with Gasteiger partial charge in [0.15, 0.2) is 0 Å². The predicted octanol–water partition coefficient (Wildman–Crippen LogP) is 4.07. The van der Waals surface area contributed by atoms with Crippen LogP contribution in [0.1, 0.15) is 27.6 Å². The average molecular weight is 252 g/mol. The van der Waals surface area contributed by atoms with Gasteiger partial charge in [0, 0.05) is 9.90 Å². The van der Waals surface area contributed by atoms with Gasteiger partial charge in [-0.25, -0.2) is 0 Å². The largest absolute Gasteiger partial charge is 0.320 e. The number of halogens is 1. The summed E-state index contributed by atoms with van der Waals surface area (Å²) in [7, 11) is 0. The van der Waals surface area contributed by atoms with Gasteiger partial charge in [0.2, 0.25) is 0 Å². The van der Waals surface area contributed by atoms with Crippen molar-refractivity contribution >= 4 is 22.9 Å². The Balaban J connectivity index is 2.46. The highest BCUT2D eigenvalue weighted by Crippen LogP contribution is 2.30. The van der Waals surface area contributed by atoms with E-state index in [9.17, 15) is 0 Å². The second-order valence-corrected chi connectivity index (χ2v) is 5.39. The normalized spacial score (nSPS) is 12.8. The van der Waals surface area contributed by atoms with Crippen LogP contribution in [0.5, 0.6) is 0 Å². The Kier molecular flexibility index (Phi) is 3.33. The molecule has 2 rings (SSSR count). The van der Waals surface area contributed by atoms with Gasteiger partial charge in [0.1, 0.15) is 0 Å². The van der Waals surface area contributed by atoms with Gasteiger partial charge in [-0.15, -0.1) is 11.3 Å². The van der Waals surface area contributed by atoms with E-state index in [0.29, 0.717) is 0 Å². The van der Waals surface area contributed by atoms with Crippen molar-refractivity contribution in [1.29, 1.82) is 0 Å². The summed E-state index contributed by atoms with van der Waals surface area (Å²) in [5.41, 5.74) is 9.65. The SMILES string of the molecule is Cc1sccc1C(N)c1cccc(Cl)c1C. The van der Waals surface area contributed by atoms with Crippen molar-refractivity contribution in [2.45, 2.75) is 19.9 Å². The number of nitrogens with two attached hydrogens (primary N) is 1. The Morgan fingerprint density at radius 1 is 1.19 bits per heavy atom. The lowest BCUT2D eigenvalue weighted by Crippen LogP contribution is -2.13. The van der Waals surface area contributed by atoms with E-state index >= 15 is 0 Å². The van der Waals surface area contributed by atoms with E-state index in [2.05, 4.69) is 18.4 Å². The van der Waals surface area contributed by atoms with E-state index < -0.39 is 0 Å². The minimum atomic E-state index is -0.0788. The molecule has 1 unspecified atom stereocenters. The second-order valence-electron chi connectivity index (χ2n) is 3.86. The Bertz CT molecular complexity index is 504. The number of benzene rings is 1. The molecule has 84 valence electrons. The molecule has 0 saturated carbocycles. The monoisotopic (exact) mass is 251 g/mol. The van der Waals surface area contributed by atoms with Gasteiger partial charge in [0.25, 0.3) is 0 Å². The molecule has 1 atom stereocenters. The van der Waals surface area contributed by atoms with Crippen molar-refractivity contribution in [1.82, 2.24) is 0 Å². The third-order valence-electron chi connectivity index (χ3n) is 2.88. The summed E-state index contributed by atoms with van der Waals surface area (Å²) in [6, 6.07) is 7.90. The summed E-state index contributed by atoms with van der Waals surface area (Å²) in [6.07, 6.45) is 0. The van der Waals surface area contributed by atoms with Crippen molar-refractivity contribution in [3.05, 3.63) is 56.2 Å². The fourth-order valence-electron chi connectivity index (χ4n) is 1.85. The maximum atomic E-state index is 6.28. The van der Waals surface area contributed by atoms with Crippen LogP contribution in [0.2, 0.25) is 5.02 Å². The van der Waals surface area contributed by atoms with E-state index in [4.69, 9.17) is 17.3 Å². The molecule has 1 heterocycles. The first-order valence-electron chi connectivity index (χ1n) is 5.16. The number of thiophene rings is 1. The van der Waals surface area contributed by atoms with Crippen LogP contribution >= 0.6 is 22.9 Å². The second kappa shape index (κ2) is 4.58. The van der Waals surface area contributed by atoms with Crippen molar-refractivity contribution in [3.8, 4) is 0 Å². The van der Waals surface area contributed by atoms with E-state index in [1.54, 1.807) is 11.3 Å². The Labute approximate surface area is 105 Å². The summed E-state index contributed by atoms with van der Waals surface area (Å²) in [5.74, 6) is 0. The minimum absolute atomic E-state index is 0.0788. The predicted molar refractivity (Wildman–Crippen MR) is 71.3 cm³/mol. The van der Waals surface area contributed by atoms with Crippen molar-refractivity contribution in [2.24, 2.45) is 5.73 Å². The van der Waals surface area contributed by atoms with Crippen LogP contribution < -0.4 is 5.73 Å². The average Bonchev–Trinajstić information content (AvgIpc) is 2.68. The zero-order chi connectivity index (χ0) is 11.7. The van der Waals surface area contributed by atoms with E-state index in [1.165, 1.54) is 10.4 Å². The van der Waals surface area contributed by atoms with Gasteiger partial charge in [-0.1, -0.05) is 23.7 Å². The summed E-state index contributed by atoms with van der Waals surface area (Å²) < 4.78 is 0. The molecule has 0 radical (unpaired) electrons. The van der Waals surface area contributed by atoms with Gasteiger partial charge < -0.3 is 5.73 Å². The van der Waals surface area contributed by atoms with Crippen LogP contribution in [0.3, 0.4) is 0 Å². The molecule has 2 aromatic rings. The van der Waals surface area contributed by atoms with Crippen molar-refractivity contribution < 1.29 is 0 Å². The fourth-order valence-corrected chi connectivity index (χ4v) is 2.78. The fraction of sp³-hybridized carbons (Fsp3) is 0.231. The lowest BCUT2D eigenvalue weighted by atomic mass is 9.96. The lowest BCUT2D eigenvalue weighted by Gasteiger charge is -2.15. The lowest BCUT2D eigenvalue weighted by molar-refractivity contribution is 0.860. The third kappa shape index (κ3) is 2.01. The molecule has 0 aliphatic heterocycles. The zero-order valence-corrected chi connectivity index (χ0v) is 10.9. The van der Waals surface area contributed by atoms with Crippen LogP contribution in [0, 0.1) is 13.8 Å². The first kappa shape index (κ1) is 11.6. The number of rotatable bonds is 2. The Hall–Kier alpha value is -0.830. The topological polar surface area (TPSA) is 26.0 Å². The standard InChI is InChI=1S/C13H14ClNS/c1-8-10(4-3-5-12(8)14)13(15)11-6-7-16-9(11)2/h3-7,13H,15H2,1-2H3. The van der Waals surface area contributed by atoms with Gasteiger partial charge in [0.05, 0.1) is 6.04 Å². The molecule has 2 N–H and O–H groups in total. The number of hydrogen-bond donors (Lipinski definition) is 1. The Morgan fingerprint density at radius 3 is 2.56 bits per heavy atom. The first-order chi connectivity index (χ1) is 7.61. The molecule has 0 saturated heterocycles. The molecule has 1 aromatic heterocycles. The molecule has 0 fully saturated rings. The summed E-state index contributed by atoms with van der Waals surface area (Å²) in [6.45, 7) is 4.11. The summed E-state index contributed by atoms with van der Waals surface area (Å²) in [4.78, 5) is 1.27. The van der Waals surface area contributed by atoms with Crippen molar-refractivity contribution in [2.75, 3.05) is 0 Å². The molecule has 16 heavy (non-hydrogen) atoms. The van der Waals surface area contributed by atoms with Crippen LogP contribution in [0.25, 0.3) is 0 Å².